The first-order valence-corrected chi connectivity index (χ1v) is 8.74. The van der Waals surface area contributed by atoms with Crippen molar-refractivity contribution in [2.24, 2.45) is 5.92 Å². The summed E-state index contributed by atoms with van der Waals surface area (Å²) in [5.74, 6) is -1.67. The number of anilines is 1. The van der Waals surface area contributed by atoms with Crippen LogP contribution in [0.5, 0.6) is 0 Å². The lowest BCUT2D eigenvalue weighted by Crippen LogP contribution is -2.44. The molecule has 1 aromatic heterocycles. The van der Waals surface area contributed by atoms with Gasteiger partial charge in [-0.15, -0.1) is 0 Å². The Morgan fingerprint density at radius 3 is 2.60 bits per heavy atom. The van der Waals surface area contributed by atoms with Crippen LogP contribution in [0.15, 0.2) is 18.3 Å². The highest BCUT2D eigenvalue weighted by Gasteiger charge is 2.36. The molecule has 1 aromatic rings. The number of carbonyl (C=O) groups is 1. The quantitative estimate of drug-likeness (QED) is 0.843. The number of likely N-dealkylation sites (tertiary alicyclic amines) is 1. The van der Waals surface area contributed by atoms with E-state index in [0.717, 1.165) is 25.9 Å². The Morgan fingerprint density at radius 2 is 1.96 bits per heavy atom. The maximum absolute atomic E-state index is 13.2. The smallest absolute Gasteiger partial charge is 0.251 e. The molecule has 2 fully saturated rings. The third kappa shape index (κ3) is 4.25. The lowest BCUT2D eigenvalue weighted by atomic mass is 9.92. The van der Waals surface area contributed by atoms with Crippen LogP contribution in [0, 0.1) is 17.2 Å². The average molecular weight is 348 g/mol. The maximum Gasteiger partial charge on any atom is 0.251 e. The summed E-state index contributed by atoms with van der Waals surface area (Å²) in [5, 5.41) is 9.18. The third-order valence-corrected chi connectivity index (χ3v) is 5.13. The summed E-state index contributed by atoms with van der Waals surface area (Å²) in [4.78, 5) is 20.3. The SMILES string of the molecule is N#Cc1cccnc1N1CCC(CC(=O)N2CCC(F)(F)CC2)CC1. The minimum atomic E-state index is -2.62. The van der Waals surface area contributed by atoms with E-state index in [4.69, 9.17) is 0 Å². The summed E-state index contributed by atoms with van der Waals surface area (Å²) in [7, 11) is 0. The normalized spacial score (nSPS) is 21.0. The Labute approximate surface area is 146 Å². The molecule has 0 radical (unpaired) electrons. The number of hydrogen-bond acceptors (Lipinski definition) is 4. The standard InChI is InChI=1S/C18H22F2N4O/c19-18(20)5-10-23(11-6-18)16(25)12-14-3-8-24(9-4-14)17-15(13-21)2-1-7-22-17/h1-2,7,14H,3-6,8-12H2. The summed E-state index contributed by atoms with van der Waals surface area (Å²) in [5.41, 5.74) is 0.561. The molecule has 0 aliphatic carbocycles. The van der Waals surface area contributed by atoms with E-state index in [1.807, 2.05) is 0 Å². The first-order valence-electron chi connectivity index (χ1n) is 8.74. The van der Waals surface area contributed by atoms with Crippen molar-refractivity contribution in [1.29, 1.82) is 5.26 Å². The molecule has 2 aliphatic heterocycles. The number of carbonyl (C=O) groups excluding carboxylic acids is 1. The van der Waals surface area contributed by atoms with Crippen molar-refractivity contribution in [3.8, 4) is 6.07 Å². The fraction of sp³-hybridized carbons (Fsp3) is 0.611. The van der Waals surface area contributed by atoms with Crippen LogP contribution in [0.2, 0.25) is 0 Å². The molecule has 0 saturated carbocycles. The number of rotatable bonds is 3. The molecule has 3 heterocycles. The van der Waals surface area contributed by atoms with Crippen LogP contribution in [0.25, 0.3) is 0 Å². The molecule has 0 spiro atoms. The highest BCUT2D eigenvalue weighted by Crippen LogP contribution is 2.30. The van der Waals surface area contributed by atoms with Crippen molar-refractivity contribution in [3.63, 3.8) is 0 Å². The van der Waals surface area contributed by atoms with Gasteiger partial charge >= 0.3 is 0 Å². The highest BCUT2D eigenvalue weighted by atomic mass is 19.3. The summed E-state index contributed by atoms with van der Waals surface area (Å²) < 4.78 is 26.4. The van der Waals surface area contributed by atoms with Crippen LogP contribution in [-0.2, 0) is 4.79 Å². The monoisotopic (exact) mass is 348 g/mol. The topological polar surface area (TPSA) is 60.2 Å². The predicted octanol–water partition coefficient (Wildman–Crippen LogP) is 2.82. The summed E-state index contributed by atoms with van der Waals surface area (Å²) >= 11 is 0. The van der Waals surface area contributed by atoms with Crippen molar-refractivity contribution in [3.05, 3.63) is 23.9 Å². The summed E-state index contributed by atoms with van der Waals surface area (Å²) in [6.07, 6.45) is 3.33. The molecule has 0 atom stereocenters. The highest BCUT2D eigenvalue weighted by molar-refractivity contribution is 5.76. The van der Waals surface area contributed by atoms with E-state index in [2.05, 4.69) is 16.0 Å². The second-order valence-electron chi connectivity index (χ2n) is 6.86. The molecular formula is C18H22F2N4O. The van der Waals surface area contributed by atoms with Crippen LogP contribution in [0.3, 0.4) is 0 Å². The van der Waals surface area contributed by atoms with Crippen molar-refractivity contribution in [2.75, 3.05) is 31.1 Å². The first-order chi connectivity index (χ1) is 12.0. The Bertz CT molecular complexity index is 655. The van der Waals surface area contributed by atoms with E-state index in [1.54, 1.807) is 23.2 Å². The second-order valence-corrected chi connectivity index (χ2v) is 6.86. The number of hydrogen-bond donors (Lipinski definition) is 0. The Hall–Kier alpha value is -2.23. The number of piperidine rings is 2. The van der Waals surface area contributed by atoms with Crippen LogP contribution in [0.4, 0.5) is 14.6 Å². The molecule has 25 heavy (non-hydrogen) atoms. The molecule has 2 saturated heterocycles. The van der Waals surface area contributed by atoms with E-state index in [9.17, 15) is 18.8 Å². The van der Waals surface area contributed by atoms with Gasteiger partial charge in [-0.2, -0.15) is 5.26 Å². The molecule has 0 bridgehead atoms. The fourth-order valence-corrected chi connectivity index (χ4v) is 3.54. The average Bonchev–Trinajstić information content (AvgIpc) is 2.62. The van der Waals surface area contributed by atoms with Gasteiger partial charge in [0.05, 0.1) is 5.56 Å². The van der Waals surface area contributed by atoms with Gasteiger partial charge in [0.1, 0.15) is 11.9 Å². The maximum atomic E-state index is 13.2. The van der Waals surface area contributed by atoms with E-state index >= 15 is 0 Å². The van der Waals surface area contributed by atoms with Gasteiger partial charge < -0.3 is 9.80 Å². The number of nitriles is 1. The molecule has 1 amide bonds. The number of halogens is 2. The van der Waals surface area contributed by atoms with Gasteiger partial charge in [0.25, 0.3) is 5.92 Å². The minimum absolute atomic E-state index is 0.00972. The van der Waals surface area contributed by atoms with Gasteiger partial charge in [-0.25, -0.2) is 13.8 Å². The first kappa shape index (κ1) is 17.6. The lowest BCUT2D eigenvalue weighted by molar-refractivity contribution is -0.138. The number of pyridine rings is 1. The van der Waals surface area contributed by atoms with E-state index in [-0.39, 0.29) is 37.8 Å². The van der Waals surface area contributed by atoms with Crippen molar-refractivity contribution >= 4 is 11.7 Å². The van der Waals surface area contributed by atoms with Crippen LogP contribution in [0.1, 0.15) is 37.7 Å². The van der Waals surface area contributed by atoms with Gasteiger partial charge in [0.15, 0.2) is 0 Å². The minimum Gasteiger partial charge on any atom is -0.356 e. The van der Waals surface area contributed by atoms with Crippen LogP contribution < -0.4 is 4.90 Å². The molecule has 7 heteroatoms. The van der Waals surface area contributed by atoms with E-state index in [1.165, 1.54) is 0 Å². The molecule has 0 unspecified atom stereocenters. The Balaban J connectivity index is 1.50. The molecule has 0 aromatic carbocycles. The Morgan fingerprint density at radius 1 is 1.28 bits per heavy atom. The lowest BCUT2D eigenvalue weighted by Gasteiger charge is -2.35. The fourth-order valence-electron chi connectivity index (χ4n) is 3.54. The van der Waals surface area contributed by atoms with E-state index in [0.29, 0.717) is 17.8 Å². The molecule has 134 valence electrons. The summed E-state index contributed by atoms with van der Waals surface area (Å²) in [6.45, 7) is 1.82. The van der Waals surface area contributed by atoms with Gasteiger partial charge in [-0.1, -0.05) is 0 Å². The Kier molecular flexibility index (Phi) is 5.16. The number of alkyl halides is 2. The molecule has 0 N–H and O–H groups in total. The zero-order valence-corrected chi connectivity index (χ0v) is 14.1. The molecule has 5 nitrogen and oxygen atoms in total. The van der Waals surface area contributed by atoms with Crippen LogP contribution in [-0.4, -0.2) is 47.9 Å². The van der Waals surface area contributed by atoms with Crippen molar-refractivity contribution in [2.45, 2.75) is 38.0 Å². The predicted molar refractivity (Wildman–Crippen MR) is 89.3 cm³/mol. The molecular weight excluding hydrogens is 326 g/mol. The number of nitrogens with zero attached hydrogens (tertiary/aromatic N) is 4. The largest absolute Gasteiger partial charge is 0.356 e. The van der Waals surface area contributed by atoms with Gasteiger partial charge in [-0.3, -0.25) is 4.79 Å². The second kappa shape index (κ2) is 7.34. The molecule has 2 aliphatic rings. The summed E-state index contributed by atoms with van der Waals surface area (Å²) in [6, 6.07) is 5.66. The number of aromatic nitrogens is 1. The van der Waals surface area contributed by atoms with Gasteiger partial charge in [0.2, 0.25) is 5.91 Å². The third-order valence-electron chi connectivity index (χ3n) is 5.13. The van der Waals surface area contributed by atoms with E-state index < -0.39 is 5.92 Å². The van der Waals surface area contributed by atoms with Gasteiger partial charge in [0, 0.05) is 51.6 Å². The van der Waals surface area contributed by atoms with Gasteiger partial charge in [-0.05, 0) is 30.9 Å². The van der Waals surface area contributed by atoms with Crippen molar-refractivity contribution in [1.82, 2.24) is 9.88 Å². The van der Waals surface area contributed by atoms with Crippen LogP contribution >= 0.6 is 0 Å². The van der Waals surface area contributed by atoms with Crippen molar-refractivity contribution < 1.29 is 13.6 Å². The number of amides is 1. The zero-order valence-electron chi connectivity index (χ0n) is 14.1. The zero-order chi connectivity index (χ0) is 17.9. The molecule has 3 rings (SSSR count).